The maximum Gasteiger partial charge on any atom is 0.335 e. The van der Waals surface area contributed by atoms with Crippen molar-refractivity contribution in [2.24, 2.45) is 0 Å². The van der Waals surface area contributed by atoms with Gasteiger partial charge in [-0.2, -0.15) is 0 Å². The highest BCUT2D eigenvalue weighted by atomic mass is 35.5. The Morgan fingerprint density at radius 3 is 2.85 bits per heavy atom. The van der Waals surface area contributed by atoms with Gasteiger partial charge in [-0.1, -0.05) is 29.8 Å². The molecule has 0 amide bonds. The SMILES string of the molecule is Cc1cccc(-c2nc3ccc(C(=O)O)cc3s2)c1Cl. The molecular formula is C15H10ClNO2S. The Morgan fingerprint density at radius 1 is 1.30 bits per heavy atom. The van der Waals surface area contributed by atoms with E-state index < -0.39 is 5.97 Å². The molecular weight excluding hydrogens is 294 g/mol. The van der Waals surface area contributed by atoms with Crippen LogP contribution in [0.1, 0.15) is 15.9 Å². The molecule has 0 saturated carbocycles. The molecule has 1 N–H and O–H groups in total. The second-order valence-corrected chi connectivity index (χ2v) is 5.85. The third-order valence-electron chi connectivity index (χ3n) is 3.06. The topological polar surface area (TPSA) is 50.2 Å². The number of carboxylic acids is 1. The number of aromatic carboxylic acids is 1. The minimum Gasteiger partial charge on any atom is -0.478 e. The van der Waals surface area contributed by atoms with Crippen LogP contribution in [-0.4, -0.2) is 16.1 Å². The number of halogens is 1. The second-order valence-electron chi connectivity index (χ2n) is 4.44. The van der Waals surface area contributed by atoms with E-state index in [9.17, 15) is 4.79 Å². The summed E-state index contributed by atoms with van der Waals surface area (Å²) in [7, 11) is 0. The number of nitrogens with zero attached hydrogens (tertiary/aromatic N) is 1. The van der Waals surface area contributed by atoms with E-state index in [1.807, 2.05) is 25.1 Å². The predicted molar refractivity (Wildman–Crippen MR) is 81.8 cm³/mol. The van der Waals surface area contributed by atoms with Crippen LogP contribution >= 0.6 is 22.9 Å². The molecule has 1 aromatic heterocycles. The summed E-state index contributed by atoms with van der Waals surface area (Å²) in [6.45, 7) is 1.95. The molecule has 20 heavy (non-hydrogen) atoms. The highest BCUT2D eigenvalue weighted by molar-refractivity contribution is 7.21. The number of aromatic nitrogens is 1. The van der Waals surface area contributed by atoms with Crippen LogP contribution in [0.3, 0.4) is 0 Å². The standard InChI is InChI=1S/C15H10ClNO2S/c1-8-3-2-4-10(13(8)16)14-17-11-6-5-9(15(18)19)7-12(11)20-14/h2-7H,1H3,(H,18,19). The van der Waals surface area contributed by atoms with Gasteiger partial charge in [0.15, 0.2) is 0 Å². The van der Waals surface area contributed by atoms with E-state index in [2.05, 4.69) is 4.98 Å². The number of thiazole rings is 1. The maximum absolute atomic E-state index is 11.0. The fourth-order valence-electron chi connectivity index (χ4n) is 1.99. The first-order valence-corrected chi connectivity index (χ1v) is 7.15. The van der Waals surface area contributed by atoms with E-state index in [0.29, 0.717) is 5.02 Å². The van der Waals surface area contributed by atoms with Crippen LogP contribution in [0.4, 0.5) is 0 Å². The van der Waals surface area contributed by atoms with Crippen LogP contribution in [0.15, 0.2) is 36.4 Å². The molecule has 0 aliphatic carbocycles. The van der Waals surface area contributed by atoms with Crippen molar-refractivity contribution in [3.8, 4) is 10.6 Å². The summed E-state index contributed by atoms with van der Waals surface area (Å²) in [6, 6.07) is 10.7. The van der Waals surface area contributed by atoms with Gasteiger partial charge in [0.2, 0.25) is 0 Å². The van der Waals surface area contributed by atoms with Crippen molar-refractivity contribution in [2.45, 2.75) is 6.92 Å². The molecule has 100 valence electrons. The van der Waals surface area contributed by atoms with E-state index in [0.717, 1.165) is 26.4 Å². The summed E-state index contributed by atoms with van der Waals surface area (Å²) in [5.74, 6) is -0.935. The van der Waals surface area contributed by atoms with E-state index in [4.69, 9.17) is 16.7 Å². The molecule has 1 heterocycles. The third-order valence-corrected chi connectivity index (χ3v) is 4.61. The van der Waals surface area contributed by atoms with Gasteiger partial charge < -0.3 is 5.11 Å². The van der Waals surface area contributed by atoms with Crippen LogP contribution in [0.5, 0.6) is 0 Å². The van der Waals surface area contributed by atoms with E-state index >= 15 is 0 Å². The molecule has 3 nitrogen and oxygen atoms in total. The van der Waals surface area contributed by atoms with Gasteiger partial charge in [0, 0.05) is 5.56 Å². The van der Waals surface area contributed by atoms with Gasteiger partial charge in [0.25, 0.3) is 0 Å². The molecule has 0 spiro atoms. The number of fused-ring (bicyclic) bond motifs is 1. The van der Waals surface area contributed by atoms with Gasteiger partial charge in [0.05, 0.1) is 20.8 Å². The first-order valence-electron chi connectivity index (χ1n) is 5.95. The Balaban J connectivity index is 2.18. The first-order chi connectivity index (χ1) is 9.56. The van der Waals surface area contributed by atoms with Crippen LogP contribution in [0.25, 0.3) is 20.8 Å². The van der Waals surface area contributed by atoms with Gasteiger partial charge in [0.1, 0.15) is 5.01 Å². The molecule has 0 aliphatic rings. The largest absolute Gasteiger partial charge is 0.478 e. The van der Waals surface area contributed by atoms with Crippen molar-refractivity contribution >= 4 is 39.1 Å². The number of hydrogen-bond acceptors (Lipinski definition) is 3. The predicted octanol–water partition coefficient (Wildman–Crippen LogP) is 4.62. The number of carbonyl (C=O) groups is 1. The molecule has 0 unspecified atom stereocenters. The summed E-state index contributed by atoms with van der Waals surface area (Å²) in [5.41, 5.74) is 2.93. The maximum atomic E-state index is 11.0. The Hall–Kier alpha value is -1.91. The monoisotopic (exact) mass is 303 g/mol. The fraction of sp³-hybridized carbons (Fsp3) is 0.0667. The van der Waals surface area contributed by atoms with Gasteiger partial charge in [-0.15, -0.1) is 11.3 Å². The number of carboxylic acid groups (broad SMARTS) is 1. The van der Waals surface area contributed by atoms with Crippen molar-refractivity contribution < 1.29 is 9.90 Å². The van der Waals surface area contributed by atoms with Crippen LogP contribution < -0.4 is 0 Å². The van der Waals surface area contributed by atoms with Crippen LogP contribution in [0, 0.1) is 6.92 Å². The zero-order chi connectivity index (χ0) is 14.3. The van der Waals surface area contributed by atoms with Gasteiger partial charge >= 0.3 is 5.97 Å². The normalized spacial score (nSPS) is 10.9. The Bertz CT molecular complexity index is 826. The zero-order valence-electron chi connectivity index (χ0n) is 10.6. The van der Waals surface area contributed by atoms with E-state index in [-0.39, 0.29) is 5.56 Å². The third kappa shape index (κ3) is 2.17. The molecule has 5 heteroatoms. The van der Waals surface area contributed by atoms with Crippen LogP contribution in [0.2, 0.25) is 5.02 Å². The summed E-state index contributed by atoms with van der Waals surface area (Å²) in [5, 5.41) is 10.5. The average Bonchev–Trinajstić information content (AvgIpc) is 2.84. The lowest BCUT2D eigenvalue weighted by atomic mass is 10.1. The Kier molecular flexibility index (Phi) is 3.20. The number of hydrogen-bond donors (Lipinski definition) is 1. The van der Waals surface area contributed by atoms with Gasteiger partial charge in [-0.25, -0.2) is 9.78 Å². The highest BCUT2D eigenvalue weighted by Crippen LogP contribution is 2.35. The Labute approximate surface area is 124 Å². The molecule has 3 rings (SSSR count). The molecule has 0 saturated heterocycles. The smallest absolute Gasteiger partial charge is 0.335 e. The quantitative estimate of drug-likeness (QED) is 0.751. The lowest BCUT2D eigenvalue weighted by Gasteiger charge is -2.02. The first kappa shape index (κ1) is 13.1. The molecule has 3 aromatic rings. The van der Waals surface area contributed by atoms with Crippen molar-refractivity contribution in [3.63, 3.8) is 0 Å². The van der Waals surface area contributed by atoms with Crippen molar-refractivity contribution in [1.29, 1.82) is 0 Å². The van der Waals surface area contributed by atoms with E-state index in [1.54, 1.807) is 18.2 Å². The lowest BCUT2D eigenvalue weighted by molar-refractivity contribution is 0.0697. The lowest BCUT2D eigenvalue weighted by Crippen LogP contribution is -1.94. The zero-order valence-corrected chi connectivity index (χ0v) is 12.1. The van der Waals surface area contributed by atoms with Crippen molar-refractivity contribution in [3.05, 3.63) is 52.5 Å². The molecule has 2 aromatic carbocycles. The van der Waals surface area contributed by atoms with Crippen LogP contribution in [-0.2, 0) is 0 Å². The van der Waals surface area contributed by atoms with Gasteiger partial charge in [-0.3, -0.25) is 0 Å². The number of rotatable bonds is 2. The molecule has 0 fully saturated rings. The second kappa shape index (κ2) is 4.89. The summed E-state index contributed by atoms with van der Waals surface area (Å²) >= 11 is 7.76. The molecule has 0 radical (unpaired) electrons. The van der Waals surface area contributed by atoms with Crippen molar-refractivity contribution in [1.82, 2.24) is 4.98 Å². The summed E-state index contributed by atoms with van der Waals surface area (Å²) < 4.78 is 0.845. The fourth-order valence-corrected chi connectivity index (χ4v) is 3.29. The Morgan fingerprint density at radius 2 is 2.10 bits per heavy atom. The molecule has 0 bridgehead atoms. The van der Waals surface area contributed by atoms with E-state index in [1.165, 1.54) is 11.3 Å². The molecule has 0 atom stereocenters. The summed E-state index contributed by atoms with van der Waals surface area (Å²) in [6.07, 6.45) is 0. The molecule has 0 aliphatic heterocycles. The minimum atomic E-state index is -0.935. The van der Waals surface area contributed by atoms with Gasteiger partial charge in [-0.05, 0) is 30.7 Å². The van der Waals surface area contributed by atoms with Crippen molar-refractivity contribution in [2.75, 3.05) is 0 Å². The summed E-state index contributed by atoms with van der Waals surface area (Å²) in [4.78, 5) is 15.5. The number of benzene rings is 2. The minimum absolute atomic E-state index is 0.267. The highest BCUT2D eigenvalue weighted by Gasteiger charge is 2.12. The average molecular weight is 304 g/mol. The number of aryl methyl sites for hydroxylation is 1.